The SMILES string of the molecule is Cc1c(Cl)cc2c(c1C(C)C(=O)O)OCCO2. The van der Waals surface area contributed by atoms with Crippen LogP contribution in [0.5, 0.6) is 11.5 Å². The van der Waals surface area contributed by atoms with E-state index in [9.17, 15) is 4.79 Å². The van der Waals surface area contributed by atoms with Gasteiger partial charge in [0.25, 0.3) is 0 Å². The number of halogens is 1. The fraction of sp³-hybridized carbons (Fsp3) is 0.417. The van der Waals surface area contributed by atoms with Crippen LogP contribution in [0.15, 0.2) is 6.07 Å². The molecule has 0 radical (unpaired) electrons. The molecule has 1 aromatic rings. The van der Waals surface area contributed by atoms with E-state index in [-0.39, 0.29) is 0 Å². The third kappa shape index (κ3) is 2.05. The van der Waals surface area contributed by atoms with Crippen molar-refractivity contribution in [3.63, 3.8) is 0 Å². The monoisotopic (exact) mass is 256 g/mol. The zero-order valence-electron chi connectivity index (χ0n) is 9.62. The standard InChI is InChI=1S/C12H13ClO4/c1-6-8(13)5-9-11(17-4-3-16-9)10(6)7(2)12(14)15/h5,7H,3-4H2,1-2H3,(H,14,15). The molecule has 5 heteroatoms. The zero-order valence-corrected chi connectivity index (χ0v) is 10.4. The number of hydrogen-bond donors (Lipinski definition) is 1. The summed E-state index contributed by atoms with van der Waals surface area (Å²) in [6, 6.07) is 1.67. The lowest BCUT2D eigenvalue weighted by Gasteiger charge is -2.24. The van der Waals surface area contributed by atoms with Crippen LogP contribution in [-0.4, -0.2) is 24.3 Å². The van der Waals surface area contributed by atoms with Crippen LogP contribution in [0.2, 0.25) is 5.02 Å². The van der Waals surface area contributed by atoms with Crippen LogP contribution in [0.25, 0.3) is 0 Å². The van der Waals surface area contributed by atoms with Gasteiger partial charge in [-0.3, -0.25) is 4.79 Å². The highest BCUT2D eigenvalue weighted by Crippen LogP contribution is 2.43. The van der Waals surface area contributed by atoms with Gasteiger partial charge in [0.05, 0.1) is 5.92 Å². The number of carbonyl (C=O) groups is 1. The Hall–Kier alpha value is -1.42. The van der Waals surface area contributed by atoms with Crippen LogP contribution in [0, 0.1) is 6.92 Å². The summed E-state index contributed by atoms with van der Waals surface area (Å²) in [5, 5.41) is 9.61. The Morgan fingerprint density at radius 3 is 2.76 bits per heavy atom. The highest BCUT2D eigenvalue weighted by atomic mass is 35.5. The van der Waals surface area contributed by atoms with Gasteiger partial charge in [-0.25, -0.2) is 0 Å². The molecule has 1 aliphatic heterocycles. The summed E-state index contributed by atoms with van der Waals surface area (Å²) in [6.45, 7) is 4.27. The number of benzene rings is 1. The molecule has 1 N–H and O–H groups in total. The van der Waals surface area contributed by atoms with E-state index >= 15 is 0 Å². The molecular formula is C12H13ClO4. The van der Waals surface area contributed by atoms with E-state index in [4.69, 9.17) is 26.2 Å². The lowest BCUT2D eigenvalue weighted by Crippen LogP contribution is -2.19. The van der Waals surface area contributed by atoms with Crippen molar-refractivity contribution in [2.75, 3.05) is 13.2 Å². The van der Waals surface area contributed by atoms with Crippen LogP contribution in [0.3, 0.4) is 0 Å². The van der Waals surface area contributed by atoms with Gasteiger partial charge < -0.3 is 14.6 Å². The molecular weight excluding hydrogens is 244 g/mol. The molecule has 1 aliphatic rings. The molecule has 0 saturated carbocycles. The van der Waals surface area contributed by atoms with E-state index in [1.165, 1.54) is 0 Å². The van der Waals surface area contributed by atoms with Gasteiger partial charge in [0.1, 0.15) is 13.2 Å². The maximum atomic E-state index is 11.1. The molecule has 1 unspecified atom stereocenters. The highest BCUT2D eigenvalue weighted by molar-refractivity contribution is 6.31. The summed E-state index contributed by atoms with van der Waals surface area (Å²) in [6.07, 6.45) is 0. The van der Waals surface area contributed by atoms with Gasteiger partial charge in [-0.15, -0.1) is 0 Å². The van der Waals surface area contributed by atoms with Gasteiger partial charge in [0.15, 0.2) is 11.5 Å². The van der Waals surface area contributed by atoms with E-state index in [0.29, 0.717) is 35.3 Å². The van der Waals surface area contributed by atoms with Crippen LogP contribution >= 0.6 is 11.6 Å². The maximum absolute atomic E-state index is 11.1. The number of hydrogen-bond acceptors (Lipinski definition) is 3. The maximum Gasteiger partial charge on any atom is 0.310 e. The molecule has 0 aliphatic carbocycles. The first-order valence-corrected chi connectivity index (χ1v) is 5.71. The summed E-state index contributed by atoms with van der Waals surface area (Å²) in [5.41, 5.74) is 1.32. The van der Waals surface area contributed by atoms with Crippen molar-refractivity contribution in [1.82, 2.24) is 0 Å². The molecule has 0 bridgehead atoms. The second-order valence-corrected chi connectivity index (χ2v) is 4.39. The minimum absolute atomic E-state index is 0.424. The van der Waals surface area contributed by atoms with Crippen molar-refractivity contribution >= 4 is 17.6 Å². The van der Waals surface area contributed by atoms with Crippen LogP contribution in [0.1, 0.15) is 24.0 Å². The predicted molar refractivity (Wildman–Crippen MR) is 63.2 cm³/mol. The average Bonchev–Trinajstić information content (AvgIpc) is 2.30. The molecule has 1 heterocycles. The first-order valence-electron chi connectivity index (χ1n) is 5.33. The third-order valence-corrected chi connectivity index (χ3v) is 3.27. The molecule has 1 aromatic carbocycles. The fourth-order valence-electron chi connectivity index (χ4n) is 1.92. The summed E-state index contributed by atoms with van der Waals surface area (Å²) in [4.78, 5) is 11.1. The minimum Gasteiger partial charge on any atom is -0.486 e. The van der Waals surface area contributed by atoms with E-state index in [0.717, 1.165) is 5.56 Å². The average molecular weight is 257 g/mol. The lowest BCUT2D eigenvalue weighted by molar-refractivity contribution is -0.138. The van der Waals surface area contributed by atoms with Gasteiger partial charge >= 0.3 is 5.97 Å². The lowest BCUT2D eigenvalue weighted by atomic mass is 9.94. The Kier molecular flexibility index (Phi) is 3.15. The molecule has 0 aromatic heterocycles. The van der Waals surface area contributed by atoms with E-state index in [2.05, 4.69) is 0 Å². The second kappa shape index (κ2) is 4.45. The first kappa shape index (κ1) is 12.0. The van der Waals surface area contributed by atoms with Crippen LogP contribution in [-0.2, 0) is 4.79 Å². The Morgan fingerprint density at radius 1 is 1.47 bits per heavy atom. The first-order chi connectivity index (χ1) is 8.02. The summed E-state index contributed by atoms with van der Waals surface area (Å²) in [5.74, 6) is -0.557. The van der Waals surface area contributed by atoms with Crippen molar-refractivity contribution in [1.29, 1.82) is 0 Å². The molecule has 0 spiro atoms. The highest BCUT2D eigenvalue weighted by Gasteiger charge is 2.27. The normalized spacial score (nSPS) is 15.5. The number of ether oxygens (including phenoxy) is 2. The van der Waals surface area contributed by atoms with Crippen LogP contribution in [0.4, 0.5) is 0 Å². The van der Waals surface area contributed by atoms with E-state index < -0.39 is 11.9 Å². The third-order valence-electron chi connectivity index (χ3n) is 2.88. The molecule has 0 amide bonds. The van der Waals surface area contributed by atoms with Gasteiger partial charge in [0.2, 0.25) is 0 Å². The van der Waals surface area contributed by atoms with E-state index in [1.54, 1.807) is 19.9 Å². The zero-order chi connectivity index (χ0) is 12.6. The number of carboxylic acid groups (broad SMARTS) is 1. The van der Waals surface area contributed by atoms with Crippen LogP contribution < -0.4 is 9.47 Å². The topological polar surface area (TPSA) is 55.8 Å². The summed E-state index contributed by atoms with van der Waals surface area (Å²) >= 11 is 6.07. The molecule has 17 heavy (non-hydrogen) atoms. The van der Waals surface area contributed by atoms with Crippen molar-refractivity contribution in [2.45, 2.75) is 19.8 Å². The van der Waals surface area contributed by atoms with Gasteiger partial charge in [-0.05, 0) is 19.4 Å². The predicted octanol–water partition coefficient (Wildman–Crippen LogP) is 2.61. The number of aliphatic carboxylic acids is 1. The molecule has 0 fully saturated rings. The van der Waals surface area contributed by atoms with Crippen molar-refractivity contribution in [2.24, 2.45) is 0 Å². The van der Waals surface area contributed by atoms with Crippen molar-refractivity contribution in [3.05, 3.63) is 22.2 Å². The Balaban J connectivity index is 2.62. The Bertz CT molecular complexity index is 470. The summed E-state index contributed by atoms with van der Waals surface area (Å²) < 4.78 is 10.9. The number of rotatable bonds is 2. The molecule has 92 valence electrons. The smallest absolute Gasteiger partial charge is 0.310 e. The molecule has 4 nitrogen and oxygen atoms in total. The van der Waals surface area contributed by atoms with Gasteiger partial charge in [0, 0.05) is 16.7 Å². The Labute approximate surface area is 104 Å². The van der Waals surface area contributed by atoms with Crippen molar-refractivity contribution in [3.8, 4) is 11.5 Å². The second-order valence-electron chi connectivity index (χ2n) is 3.98. The molecule has 2 rings (SSSR count). The minimum atomic E-state index is -0.910. The number of fused-ring (bicyclic) bond motifs is 1. The van der Waals surface area contributed by atoms with Gasteiger partial charge in [-0.1, -0.05) is 11.6 Å². The fourth-order valence-corrected chi connectivity index (χ4v) is 2.12. The largest absolute Gasteiger partial charge is 0.486 e. The summed E-state index contributed by atoms with van der Waals surface area (Å²) in [7, 11) is 0. The quantitative estimate of drug-likeness (QED) is 0.884. The van der Waals surface area contributed by atoms with E-state index in [1.807, 2.05) is 0 Å². The van der Waals surface area contributed by atoms with Crippen molar-refractivity contribution < 1.29 is 19.4 Å². The molecule has 0 saturated heterocycles. The van der Waals surface area contributed by atoms with Gasteiger partial charge in [-0.2, -0.15) is 0 Å². The number of carboxylic acids is 1. The Morgan fingerprint density at radius 2 is 2.12 bits per heavy atom. The molecule has 1 atom stereocenters.